The largest absolute Gasteiger partial charge is 0.399 e. The highest BCUT2D eigenvalue weighted by molar-refractivity contribution is 6.09. The van der Waals surface area contributed by atoms with Crippen molar-refractivity contribution in [1.29, 1.82) is 0 Å². The van der Waals surface area contributed by atoms with Crippen molar-refractivity contribution >= 4 is 23.1 Å². The van der Waals surface area contributed by atoms with Gasteiger partial charge in [-0.05, 0) is 55.0 Å². The number of anilines is 2. The van der Waals surface area contributed by atoms with Gasteiger partial charge in [0.2, 0.25) is 5.91 Å². The highest BCUT2D eigenvalue weighted by Gasteiger charge is 2.10. The van der Waals surface area contributed by atoms with Crippen LogP contribution in [0.15, 0.2) is 42.5 Å². The first-order valence-corrected chi connectivity index (χ1v) is 6.26. The molecule has 0 spiro atoms. The van der Waals surface area contributed by atoms with Gasteiger partial charge in [0.1, 0.15) is 0 Å². The summed E-state index contributed by atoms with van der Waals surface area (Å²) in [5, 5.41) is 2.66. The molecule has 4 nitrogen and oxygen atoms in total. The molecule has 0 bridgehead atoms. The molecule has 0 aliphatic heterocycles. The van der Waals surface area contributed by atoms with Gasteiger partial charge in [-0.2, -0.15) is 0 Å². The van der Waals surface area contributed by atoms with Gasteiger partial charge in [-0.1, -0.05) is 0 Å². The molecule has 0 aliphatic rings. The first kappa shape index (κ1) is 13.8. The fraction of sp³-hybridized carbons (Fsp3) is 0.125. The van der Waals surface area contributed by atoms with E-state index in [1.54, 1.807) is 42.5 Å². The number of benzene rings is 2. The standard InChI is InChI=1S/C16H16N2O2/c1-10-9-13(5-8-15(10)17)16(20)12-3-6-14(7-4-12)18-11(2)19/h3-9H,17H2,1-2H3,(H,18,19). The van der Waals surface area contributed by atoms with E-state index in [0.717, 1.165) is 5.56 Å². The van der Waals surface area contributed by atoms with Gasteiger partial charge in [0.15, 0.2) is 5.78 Å². The van der Waals surface area contributed by atoms with E-state index in [2.05, 4.69) is 5.32 Å². The molecular formula is C16H16N2O2. The average Bonchev–Trinajstić information content (AvgIpc) is 2.41. The first-order chi connectivity index (χ1) is 9.47. The van der Waals surface area contributed by atoms with Gasteiger partial charge in [0, 0.05) is 29.4 Å². The Hall–Kier alpha value is -2.62. The van der Waals surface area contributed by atoms with Crippen LogP contribution < -0.4 is 11.1 Å². The molecule has 2 aromatic carbocycles. The van der Waals surface area contributed by atoms with Crippen LogP contribution in [0.2, 0.25) is 0 Å². The summed E-state index contributed by atoms with van der Waals surface area (Å²) in [6, 6.07) is 12.0. The van der Waals surface area contributed by atoms with Crippen molar-refractivity contribution in [3.05, 3.63) is 59.2 Å². The molecule has 102 valence electrons. The van der Waals surface area contributed by atoms with Crippen molar-refractivity contribution in [3.63, 3.8) is 0 Å². The van der Waals surface area contributed by atoms with Gasteiger partial charge in [-0.15, -0.1) is 0 Å². The van der Waals surface area contributed by atoms with E-state index in [4.69, 9.17) is 5.73 Å². The number of amides is 1. The normalized spacial score (nSPS) is 10.1. The first-order valence-electron chi connectivity index (χ1n) is 6.26. The van der Waals surface area contributed by atoms with Crippen molar-refractivity contribution in [1.82, 2.24) is 0 Å². The molecular weight excluding hydrogens is 252 g/mol. The zero-order valence-electron chi connectivity index (χ0n) is 11.4. The van der Waals surface area contributed by atoms with Crippen molar-refractivity contribution < 1.29 is 9.59 Å². The summed E-state index contributed by atoms with van der Waals surface area (Å²) >= 11 is 0. The molecule has 0 aromatic heterocycles. The third-order valence-corrected chi connectivity index (χ3v) is 3.00. The summed E-state index contributed by atoms with van der Waals surface area (Å²) in [5.41, 5.74) is 9.13. The van der Waals surface area contributed by atoms with Crippen LogP contribution in [-0.4, -0.2) is 11.7 Å². The number of rotatable bonds is 3. The summed E-state index contributed by atoms with van der Waals surface area (Å²) in [6.45, 7) is 3.31. The summed E-state index contributed by atoms with van der Waals surface area (Å²) in [7, 11) is 0. The number of aryl methyl sites for hydroxylation is 1. The second-order valence-corrected chi connectivity index (χ2v) is 4.66. The lowest BCUT2D eigenvalue weighted by molar-refractivity contribution is -0.114. The van der Waals surface area contributed by atoms with Gasteiger partial charge in [0.05, 0.1) is 0 Å². The minimum Gasteiger partial charge on any atom is -0.399 e. The minimum atomic E-state index is -0.141. The molecule has 0 unspecified atom stereocenters. The van der Waals surface area contributed by atoms with E-state index < -0.39 is 0 Å². The van der Waals surface area contributed by atoms with Gasteiger partial charge >= 0.3 is 0 Å². The van der Waals surface area contributed by atoms with E-state index in [1.165, 1.54) is 6.92 Å². The number of carbonyl (C=O) groups is 2. The van der Waals surface area contributed by atoms with Crippen LogP contribution in [0.25, 0.3) is 0 Å². The van der Waals surface area contributed by atoms with Gasteiger partial charge < -0.3 is 11.1 Å². The van der Waals surface area contributed by atoms with E-state index in [0.29, 0.717) is 22.5 Å². The number of hydrogen-bond donors (Lipinski definition) is 2. The lowest BCUT2D eigenvalue weighted by Gasteiger charge is -2.06. The second-order valence-electron chi connectivity index (χ2n) is 4.66. The molecule has 1 amide bonds. The van der Waals surface area contributed by atoms with Crippen LogP contribution in [0.5, 0.6) is 0 Å². The second kappa shape index (κ2) is 5.57. The Morgan fingerprint density at radius 2 is 1.60 bits per heavy atom. The number of nitrogens with two attached hydrogens (primary N) is 1. The lowest BCUT2D eigenvalue weighted by Crippen LogP contribution is -2.06. The Morgan fingerprint density at radius 3 is 2.15 bits per heavy atom. The molecule has 0 radical (unpaired) electrons. The Balaban J connectivity index is 2.24. The maximum Gasteiger partial charge on any atom is 0.221 e. The molecule has 2 aromatic rings. The summed E-state index contributed by atoms with van der Waals surface area (Å²) < 4.78 is 0. The van der Waals surface area contributed by atoms with Crippen LogP contribution in [0.3, 0.4) is 0 Å². The Morgan fingerprint density at radius 1 is 1.00 bits per heavy atom. The highest BCUT2D eigenvalue weighted by atomic mass is 16.1. The van der Waals surface area contributed by atoms with Crippen molar-refractivity contribution in [2.24, 2.45) is 0 Å². The molecule has 0 saturated carbocycles. The molecule has 0 atom stereocenters. The lowest BCUT2D eigenvalue weighted by atomic mass is 10.0. The predicted octanol–water partition coefficient (Wildman–Crippen LogP) is 2.77. The Labute approximate surface area is 117 Å². The van der Waals surface area contributed by atoms with Crippen LogP contribution in [0.1, 0.15) is 28.4 Å². The summed E-state index contributed by atoms with van der Waals surface area (Å²) in [5.74, 6) is -0.208. The van der Waals surface area contributed by atoms with E-state index >= 15 is 0 Å². The maximum atomic E-state index is 12.3. The van der Waals surface area contributed by atoms with Gasteiger partial charge in [-0.25, -0.2) is 0 Å². The van der Waals surface area contributed by atoms with Crippen molar-refractivity contribution in [3.8, 4) is 0 Å². The molecule has 0 fully saturated rings. The smallest absolute Gasteiger partial charge is 0.221 e. The van der Waals surface area contributed by atoms with E-state index in [1.807, 2.05) is 6.92 Å². The Bertz CT molecular complexity index is 661. The number of nitrogens with one attached hydrogen (secondary N) is 1. The summed E-state index contributed by atoms with van der Waals surface area (Å²) in [6.07, 6.45) is 0. The van der Waals surface area contributed by atoms with Crippen molar-refractivity contribution in [2.75, 3.05) is 11.1 Å². The number of carbonyl (C=O) groups excluding carboxylic acids is 2. The number of nitrogen functional groups attached to an aromatic ring is 1. The quantitative estimate of drug-likeness (QED) is 0.664. The molecule has 0 aliphatic carbocycles. The topological polar surface area (TPSA) is 72.2 Å². The molecule has 2 rings (SSSR count). The van der Waals surface area contributed by atoms with E-state index in [9.17, 15) is 9.59 Å². The van der Waals surface area contributed by atoms with Crippen LogP contribution >= 0.6 is 0 Å². The molecule has 3 N–H and O–H groups in total. The van der Waals surface area contributed by atoms with Crippen LogP contribution in [0.4, 0.5) is 11.4 Å². The van der Waals surface area contributed by atoms with Gasteiger partial charge in [-0.3, -0.25) is 9.59 Å². The SMILES string of the molecule is CC(=O)Nc1ccc(C(=O)c2ccc(N)c(C)c2)cc1. The van der Waals surface area contributed by atoms with Crippen LogP contribution in [0, 0.1) is 6.92 Å². The average molecular weight is 268 g/mol. The highest BCUT2D eigenvalue weighted by Crippen LogP contribution is 2.17. The van der Waals surface area contributed by atoms with E-state index in [-0.39, 0.29) is 11.7 Å². The fourth-order valence-electron chi connectivity index (χ4n) is 1.89. The molecule has 0 heterocycles. The molecule has 20 heavy (non-hydrogen) atoms. The van der Waals surface area contributed by atoms with Gasteiger partial charge in [0.25, 0.3) is 0 Å². The van der Waals surface area contributed by atoms with Crippen molar-refractivity contribution in [2.45, 2.75) is 13.8 Å². The predicted molar refractivity (Wildman–Crippen MR) is 79.8 cm³/mol. The number of hydrogen-bond acceptors (Lipinski definition) is 3. The number of ketones is 1. The molecule has 4 heteroatoms. The molecule has 0 saturated heterocycles. The maximum absolute atomic E-state index is 12.3. The summed E-state index contributed by atoms with van der Waals surface area (Å²) in [4.78, 5) is 23.2. The zero-order chi connectivity index (χ0) is 14.7. The van der Waals surface area contributed by atoms with Crippen LogP contribution in [-0.2, 0) is 4.79 Å². The zero-order valence-corrected chi connectivity index (χ0v) is 11.4. The fourth-order valence-corrected chi connectivity index (χ4v) is 1.89. The monoisotopic (exact) mass is 268 g/mol. The third kappa shape index (κ3) is 3.03. The third-order valence-electron chi connectivity index (χ3n) is 3.00. The Kier molecular flexibility index (Phi) is 3.84. The minimum absolute atomic E-state index is 0.0672.